The Morgan fingerprint density at radius 2 is 1.88 bits per heavy atom. The maximum absolute atomic E-state index is 11.9. The number of ether oxygens (including phenoxy) is 2. The van der Waals surface area contributed by atoms with Gasteiger partial charge in [0.25, 0.3) is 0 Å². The van der Waals surface area contributed by atoms with Crippen LogP contribution in [0.3, 0.4) is 0 Å². The molecule has 0 N–H and O–H groups in total. The minimum atomic E-state index is -0.763. The average Bonchev–Trinajstić information content (AvgIpc) is 2.61. The highest BCUT2D eigenvalue weighted by Crippen LogP contribution is 2.25. The van der Waals surface area contributed by atoms with E-state index in [0.717, 1.165) is 5.56 Å². The quantitative estimate of drug-likeness (QED) is 0.495. The van der Waals surface area contributed by atoms with Gasteiger partial charge in [0.2, 0.25) is 0 Å². The maximum atomic E-state index is 11.9. The van der Waals surface area contributed by atoms with Crippen LogP contribution in [-0.4, -0.2) is 13.1 Å². The van der Waals surface area contributed by atoms with Crippen LogP contribution < -0.4 is 10.4 Å². The van der Waals surface area contributed by atoms with E-state index in [1.165, 1.54) is 13.2 Å². The minimum absolute atomic E-state index is 0.153. The van der Waals surface area contributed by atoms with Gasteiger partial charge in [-0.15, -0.1) is 0 Å². The number of halogens is 2. The molecule has 0 radical (unpaired) electrons. The van der Waals surface area contributed by atoms with E-state index >= 15 is 0 Å². The molecule has 7 heteroatoms. The highest BCUT2D eigenvalue weighted by molar-refractivity contribution is 6.42. The molecule has 25 heavy (non-hydrogen) atoms. The van der Waals surface area contributed by atoms with E-state index in [4.69, 9.17) is 32.4 Å². The van der Waals surface area contributed by atoms with Crippen LogP contribution in [0.2, 0.25) is 10.0 Å². The largest absolute Gasteiger partial charge is 0.489 e. The summed E-state index contributed by atoms with van der Waals surface area (Å²) in [5.74, 6) is -0.233. The molecule has 0 aliphatic heterocycles. The number of hydrogen-bond acceptors (Lipinski definition) is 5. The Labute approximate surface area is 152 Å². The monoisotopic (exact) mass is 378 g/mol. The molecule has 128 valence electrons. The van der Waals surface area contributed by atoms with Gasteiger partial charge in [0.15, 0.2) is 0 Å². The fraction of sp³-hybridized carbons (Fsp3) is 0.111. The Kier molecular flexibility index (Phi) is 4.97. The van der Waals surface area contributed by atoms with Crippen molar-refractivity contribution in [3.8, 4) is 5.75 Å². The number of methoxy groups -OCH3 is 1. The molecule has 0 atom stereocenters. The Morgan fingerprint density at radius 1 is 1.08 bits per heavy atom. The van der Waals surface area contributed by atoms with Crippen LogP contribution in [0.25, 0.3) is 11.0 Å². The van der Waals surface area contributed by atoms with E-state index < -0.39 is 11.6 Å². The van der Waals surface area contributed by atoms with Gasteiger partial charge >= 0.3 is 11.6 Å². The maximum Gasteiger partial charge on any atom is 0.351 e. The molecular formula is C18H12Cl2O5. The SMILES string of the molecule is COC(=O)c1cc2ccc(OCc3ccc(Cl)c(Cl)c3)cc2oc1=O. The summed E-state index contributed by atoms with van der Waals surface area (Å²) in [4.78, 5) is 23.4. The smallest absolute Gasteiger partial charge is 0.351 e. The van der Waals surface area contributed by atoms with E-state index in [1.807, 2.05) is 0 Å². The first-order valence-electron chi connectivity index (χ1n) is 7.21. The third-order valence-corrected chi connectivity index (χ3v) is 4.24. The molecule has 0 fully saturated rings. The van der Waals surface area contributed by atoms with Gasteiger partial charge in [-0.3, -0.25) is 0 Å². The van der Waals surface area contributed by atoms with Crippen molar-refractivity contribution in [1.29, 1.82) is 0 Å². The van der Waals surface area contributed by atoms with Gasteiger partial charge in [0.05, 0.1) is 17.2 Å². The van der Waals surface area contributed by atoms with Gasteiger partial charge in [0, 0.05) is 11.5 Å². The van der Waals surface area contributed by atoms with E-state index in [9.17, 15) is 9.59 Å². The zero-order valence-electron chi connectivity index (χ0n) is 13.0. The zero-order chi connectivity index (χ0) is 18.0. The molecule has 3 rings (SSSR count). The second kappa shape index (κ2) is 7.17. The lowest BCUT2D eigenvalue weighted by Gasteiger charge is -2.08. The summed E-state index contributed by atoms with van der Waals surface area (Å²) in [5, 5.41) is 1.50. The van der Waals surface area contributed by atoms with Gasteiger partial charge in [-0.2, -0.15) is 0 Å². The van der Waals surface area contributed by atoms with Crippen molar-refractivity contribution in [3.05, 3.63) is 74.1 Å². The van der Waals surface area contributed by atoms with Crippen LogP contribution in [-0.2, 0) is 11.3 Å². The molecule has 0 aliphatic rings. The predicted octanol–water partition coefficient (Wildman–Crippen LogP) is 4.47. The molecule has 0 saturated carbocycles. The highest BCUT2D eigenvalue weighted by atomic mass is 35.5. The number of fused-ring (bicyclic) bond motifs is 1. The standard InChI is InChI=1S/C18H12Cl2O5/c1-23-17(21)13-7-11-3-4-12(8-16(11)25-18(13)22)24-9-10-2-5-14(19)15(20)6-10/h2-8H,9H2,1H3. The predicted molar refractivity (Wildman–Crippen MR) is 94.6 cm³/mol. The minimum Gasteiger partial charge on any atom is -0.489 e. The summed E-state index contributed by atoms with van der Waals surface area (Å²) in [6, 6.07) is 11.6. The van der Waals surface area contributed by atoms with E-state index in [-0.39, 0.29) is 12.2 Å². The van der Waals surface area contributed by atoms with Crippen LogP contribution in [0.1, 0.15) is 15.9 Å². The lowest BCUT2D eigenvalue weighted by molar-refractivity contribution is 0.0596. The van der Waals surface area contributed by atoms with Gasteiger partial charge in [-0.05, 0) is 35.9 Å². The molecule has 1 aromatic heterocycles. The topological polar surface area (TPSA) is 65.7 Å². The fourth-order valence-electron chi connectivity index (χ4n) is 2.23. The first-order valence-corrected chi connectivity index (χ1v) is 7.96. The van der Waals surface area contributed by atoms with Crippen molar-refractivity contribution >= 4 is 40.1 Å². The van der Waals surface area contributed by atoms with Gasteiger partial charge in [0.1, 0.15) is 23.5 Å². The van der Waals surface area contributed by atoms with Gasteiger partial charge in [-0.1, -0.05) is 29.3 Å². The summed E-state index contributed by atoms with van der Waals surface area (Å²) in [7, 11) is 1.20. The Hall–Kier alpha value is -2.50. The van der Waals surface area contributed by atoms with Gasteiger partial charge < -0.3 is 13.9 Å². The summed E-state index contributed by atoms with van der Waals surface area (Å²) < 4.78 is 15.4. The second-order valence-electron chi connectivity index (χ2n) is 5.18. The Balaban J connectivity index is 1.84. The number of carbonyl (C=O) groups excluding carboxylic acids is 1. The molecule has 0 bridgehead atoms. The summed E-state index contributed by atoms with van der Waals surface area (Å²) in [6.45, 7) is 0.271. The molecule has 2 aromatic carbocycles. The van der Waals surface area contributed by atoms with Crippen molar-refractivity contribution in [2.75, 3.05) is 7.11 Å². The number of hydrogen-bond donors (Lipinski definition) is 0. The number of benzene rings is 2. The first-order chi connectivity index (χ1) is 12.0. The van der Waals surface area contributed by atoms with Crippen LogP contribution in [0.15, 0.2) is 51.7 Å². The van der Waals surface area contributed by atoms with Crippen molar-refractivity contribution in [3.63, 3.8) is 0 Å². The summed E-state index contributed by atoms with van der Waals surface area (Å²) in [5.41, 5.74) is 0.238. The van der Waals surface area contributed by atoms with Crippen LogP contribution in [0, 0.1) is 0 Å². The van der Waals surface area contributed by atoms with Gasteiger partial charge in [-0.25, -0.2) is 9.59 Å². The molecule has 0 spiro atoms. The fourth-order valence-corrected chi connectivity index (χ4v) is 2.55. The van der Waals surface area contributed by atoms with E-state index in [0.29, 0.717) is 26.8 Å². The summed E-state index contributed by atoms with van der Waals surface area (Å²) in [6.07, 6.45) is 0. The van der Waals surface area contributed by atoms with Crippen LogP contribution in [0.5, 0.6) is 5.75 Å². The average molecular weight is 379 g/mol. The lowest BCUT2D eigenvalue weighted by atomic mass is 10.2. The molecule has 0 unspecified atom stereocenters. The second-order valence-corrected chi connectivity index (χ2v) is 5.99. The van der Waals surface area contributed by atoms with Crippen LogP contribution in [0.4, 0.5) is 0 Å². The third kappa shape index (κ3) is 3.78. The van der Waals surface area contributed by atoms with Crippen molar-refractivity contribution in [2.45, 2.75) is 6.61 Å². The molecule has 5 nitrogen and oxygen atoms in total. The molecule has 3 aromatic rings. The molecule has 0 aliphatic carbocycles. The third-order valence-electron chi connectivity index (χ3n) is 3.50. The normalized spacial score (nSPS) is 10.7. The Bertz CT molecular complexity index is 1010. The number of carbonyl (C=O) groups is 1. The lowest BCUT2D eigenvalue weighted by Crippen LogP contribution is -2.14. The number of rotatable bonds is 4. The summed E-state index contributed by atoms with van der Waals surface area (Å²) >= 11 is 11.8. The first kappa shape index (κ1) is 17.3. The Morgan fingerprint density at radius 3 is 2.60 bits per heavy atom. The van der Waals surface area contributed by atoms with Crippen molar-refractivity contribution in [2.24, 2.45) is 0 Å². The van der Waals surface area contributed by atoms with Crippen molar-refractivity contribution < 1.29 is 18.7 Å². The number of esters is 1. The van der Waals surface area contributed by atoms with E-state index in [1.54, 1.807) is 36.4 Å². The molecule has 1 heterocycles. The zero-order valence-corrected chi connectivity index (χ0v) is 14.6. The van der Waals surface area contributed by atoms with Crippen molar-refractivity contribution in [1.82, 2.24) is 0 Å². The van der Waals surface area contributed by atoms with Crippen LogP contribution >= 0.6 is 23.2 Å². The molecule has 0 saturated heterocycles. The highest BCUT2D eigenvalue weighted by Gasteiger charge is 2.14. The van der Waals surface area contributed by atoms with E-state index in [2.05, 4.69) is 4.74 Å². The molecule has 0 amide bonds. The molecular weight excluding hydrogens is 367 g/mol.